The third kappa shape index (κ3) is 1.37. The lowest BCUT2D eigenvalue weighted by atomic mass is 9.95. The van der Waals surface area contributed by atoms with Crippen LogP contribution in [-0.4, -0.2) is 17.6 Å². The zero-order chi connectivity index (χ0) is 12.7. The van der Waals surface area contributed by atoms with Crippen LogP contribution in [0.3, 0.4) is 0 Å². The Labute approximate surface area is 103 Å². The van der Waals surface area contributed by atoms with E-state index in [1.54, 1.807) is 6.92 Å². The van der Waals surface area contributed by atoms with Crippen LogP contribution in [-0.2, 0) is 0 Å². The van der Waals surface area contributed by atoms with Gasteiger partial charge >= 0.3 is 0 Å². The molecule has 1 N–H and O–H groups in total. The van der Waals surface area contributed by atoms with Gasteiger partial charge in [0.05, 0.1) is 0 Å². The van der Waals surface area contributed by atoms with Crippen molar-refractivity contribution < 1.29 is 9.59 Å². The van der Waals surface area contributed by atoms with Crippen LogP contribution in [0, 0.1) is 6.92 Å². The molecule has 3 nitrogen and oxygen atoms in total. The van der Waals surface area contributed by atoms with E-state index >= 15 is 0 Å². The maximum Gasteiger partial charge on any atom is 0.150 e. The van der Waals surface area contributed by atoms with Crippen molar-refractivity contribution in [1.29, 1.82) is 0 Å². The quantitative estimate of drug-likeness (QED) is 0.695. The van der Waals surface area contributed by atoms with Gasteiger partial charge in [0, 0.05) is 28.2 Å². The zero-order valence-electron chi connectivity index (χ0n) is 9.86. The van der Waals surface area contributed by atoms with Crippen LogP contribution >= 0.6 is 0 Å². The second kappa shape index (κ2) is 3.81. The standard InChI is InChI=1S/C15H11NO2/c1-9-12(7-17)4-11-6-15-10(2-3-16-15)5-13(11)14(9)8-18/h2-8,16H,1H3. The van der Waals surface area contributed by atoms with E-state index in [1.807, 2.05) is 30.5 Å². The van der Waals surface area contributed by atoms with Gasteiger partial charge in [-0.15, -0.1) is 0 Å². The molecular weight excluding hydrogens is 226 g/mol. The molecule has 0 fully saturated rings. The Morgan fingerprint density at radius 3 is 2.61 bits per heavy atom. The van der Waals surface area contributed by atoms with Gasteiger partial charge < -0.3 is 4.98 Å². The first-order chi connectivity index (χ1) is 8.74. The van der Waals surface area contributed by atoms with Crippen molar-refractivity contribution in [1.82, 2.24) is 4.98 Å². The average Bonchev–Trinajstić information content (AvgIpc) is 2.83. The number of hydrogen-bond acceptors (Lipinski definition) is 2. The highest BCUT2D eigenvalue weighted by Gasteiger charge is 2.10. The Morgan fingerprint density at radius 2 is 1.89 bits per heavy atom. The number of aromatic nitrogens is 1. The van der Waals surface area contributed by atoms with Crippen molar-refractivity contribution in [2.75, 3.05) is 0 Å². The van der Waals surface area contributed by atoms with E-state index < -0.39 is 0 Å². The van der Waals surface area contributed by atoms with Crippen LogP contribution < -0.4 is 0 Å². The number of hydrogen-bond donors (Lipinski definition) is 1. The fraction of sp³-hybridized carbons (Fsp3) is 0.0667. The van der Waals surface area contributed by atoms with Crippen molar-refractivity contribution in [2.45, 2.75) is 6.92 Å². The number of benzene rings is 2. The first kappa shape index (κ1) is 10.7. The van der Waals surface area contributed by atoms with Gasteiger partial charge in [-0.25, -0.2) is 0 Å². The van der Waals surface area contributed by atoms with Crippen molar-refractivity contribution in [3.05, 3.63) is 47.2 Å². The second-order valence-electron chi connectivity index (χ2n) is 4.38. The van der Waals surface area contributed by atoms with E-state index in [1.165, 1.54) is 0 Å². The van der Waals surface area contributed by atoms with Gasteiger partial charge in [0.25, 0.3) is 0 Å². The van der Waals surface area contributed by atoms with Crippen molar-refractivity contribution in [2.24, 2.45) is 0 Å². The minimum absolute atomic E-state index is 0.565. The minimum Gasteiger partial charge on any atom is -0.361 e. The van der Waals surface area contributed by atoms with Crippen LogP contribution in [0.5, 0.6) is 0 Å². The summed E-state index contributed by atoms with van der Waals surface area (Å²) in [5.41, 5.74) is 2.90. The predicted octanol–water partition coefficient (Wildman–Crippen LogP) is 3.25. The lowest BCUT2D eigenvalue weighted by Gasteiger charge is -2.08. The molecule has 0 radical (unpaired) electrons. The molecular formula is C15H11NO2. The number of rotatable bonds is 2. The molecule has 1 heterocycles. The van der Waals surface area contributed by atoms with Gasteiger partial charge in [0.1, 0.15) is 6.29 Å². The molecule has 88 valence electrons. The molecule has 0 bridgehead atoms. The Bertz CT molecular complexity index is 784. The summed E-state index contributed by atoms with van der Waals surface area (Å²) in [6.07, 6.45) is 3.47. The molecule has 0 amide bonds. The molecule has 0 unspecified atom stereocenters. The van der Waals surface area contributed by atoms with E-state index in [0.29, 0.717) is 11.1 Å². The van der Waals surface area contributed by atoms with Crippen molar-refractivity contribution in [3.8, 4) is 0 Å². The number of aldehydes is 2. The summed E-state index contributed by atoms with van der Waals surface area (Å²) >= 11 is 0. The largest absolute Gasteiger partial charge is 0.361 e. The van der Waals surface area contributed by atoms with Crippen molar-refractivity contribution in [3.63, 3.8) is 0 Å². The monoisotopic (exact) mass is 237 g/mol. The van der Waals surface area contributed by atoms with Gasteiger partial charge in [-0.3, -0.25) is 9.59 Å². The predicted molar refractivity (Wildman–Crippen MR) is 71.3 cm³/mol. The van der Waals surface area contributed by atoms with Crippen LogP contribution in [0.2, 0.25) is 0 Å². The fourth-order valence-corrected chi connectivity index (χ4v) is 2.38. The Kier molecular flexibility index (Phi) is 2.27. The van der Waals surface area contributed by atoms with Gasteiger partial charge in [0.15, 0.2) is 6.29 Å². The second-order valence-corrected chi connectivity index (χ2v) is 4.38. The summed E-state index contributed by atoms with van der Waals surface area (Å²) in [5.74, 6) is 0. The Balaban J connectivity index is 2.54. The third-order valence-corrected chi connectivity index (χ3v) is 3.41. The van der Waals surface area contributed by atoms with E-state index in [0.717, 1.165) is 39.8 Å². The molecule has 0 aliphatic heterocycles. The normalized spacial score (nSPS) is 10.9. The van der Waals surface area contributed by atoms with Gasteiger partial charge in [-0.2, -0.15) is 0 Å². The molecule has 0 aliphatic rings. The van der Waals surface area contributed by atoms with Gasteiger partial charge in [0.2, 0.25) is 0 Å². The molecule has 1 aromatic heterocycles. The van der Waals surface area contributed by atoms with Crippen LogP contribution in [0.15, 0.2) is 30.5 Å². The topological polar surface area (TPSA) is 49.9 Å². The fourth-order valence-electron chi connectivity index (χ4n) is 2.38. The van der Waals surface area contributed by atoms with Crippen LogP contribution in [0.25, 0.3) is 21.7 Å². The summed E-state index contributed by atoms with van der Waals surface area (Å²) in [6.45, 7) is 1.80. The van der Waals surface area contributed by atoms with Crippen LogP contribution in [0.1, 0.15) is 26.3 Å². The number of H-pyrrole nitrogens is 1. The SMILES string of the molecule is Cc1c(C=O)cc2cc3[nH]ccc3cc2c1C=O. The maximum absolute atomic E-state index is 11.3. The highest BCUT2D eigenvalue weighted by atomic mass is 16.1. The minimum atomic E-state index is 0.565. The average molecular weight is 237 g/mol. The first-order valence-corrected chi connectivity index (χ1v) is 5.69. The highest BCUT2D eigenvalue weighted by molar-refractivity contribution is 6.07. The molecule has 3 aromatic rings. The summed E-state index contributed by atoms with van der Waals surface area (Å²) in [5, 5.41) is 2.85. The first-order valence-electron chi connectivity index (χ1n) is 5.69. The van der Waals surface area contributed by atoms with Crippen molar-refractivity contribution >= 4 is 34.2 Å². The van der Waals surface area contributed by atoms with E-state index in [9.17, 15) is 9.59 Å². The lowest BCUT2D eigenvalue weighted by Crippen LogP contribution is -1.95. The van der Waals surface area contributed by atoms with E-state index in [-0.39, 0.29) is 0 Å². The molecule has 0 spiro atoms. The maximum atomic E-state index is 11.3. The Hall–Kier alpha value is -2.42. The molecule has 0 saturated carbocycles. The third-order valence-electron chi connectivity index (χ3n) is 3.41. The van der Waals surface area contributed by atoms with Crippen LogP contribution in [0.4, 0.5) is 0 Å². The molecule has 0 aliphatic carbocycles. The number of carbonyl (C=O) groups excluding carboxylic acids is 2. The molecule has 0 atom stereocenters. The molecule has 18 heavy (non-hydrogen) atoms. The molecule has 2 aromatic carbocycles. The van der Waals surface area contributed by atoms with Gasteiger partial charge in [-0.05, 0) is 47.5 Å². The number of fused-ring (bicyclic) bond motifs is 2. The number of nitrogens with one attached hydrogen (secondary N) is 1. The molecule has 3 heteroatoms. The van der Waals surface area contributed by atoms with Gasteiger partial charge in [-0.1, -0.05) is 0 Å². The summed E-state index contributed by atoms with van der Waals surface area (Å²) in [6, 6.07) is 7.73. The molecule has 3 rings (SSSR count). The van der Waals surface area contributed by atoms with E-state index in [4.69, 9.17) is 0 Å². The number of carbonyl (C=O) groups is 2. The van der Waals surface area contributed by atoms with E-state index in [2.05, 4.69) is 4.98 Å². The lowest BCUT2D eigenvalue weighted by molar-refractivity contribution is 0.112. The smallest absolute Gasteiger partial charge is 0.150 e. The summed E-state index contributed by atoms with van der Waals surface area (Å²) < 4.78 is 0. The summed E-state index contributed by atoms with van der Waals surface area (Å²) in [7, 11) is 0. The highest BCUT2D eigenvalue weighted by Crippen LogP contribution is 2.27. The zero-order valence-corrected chi connectivity index (χ0v) is 9.86. The summed E-state index contributed by atoms with van der Waals surface area (Å²) in [4.78, 5) is 25.4. The Morgan fingerprint density at radius 1 is 1.06 bits per heavy atom. The number of aromatic amines is 1. The molecule has 0 saturated heterocycles.